The van der Waals surface area contributed by atoms with Crippen LogP contribution in [0.15, 0.2) is 6.20 Å². The molecule has 0 aromatic carbocycles. The summed E-state index contributed by atoms with van der Waals surface area (Å²) in [4.78, 5) is 17.5. The molecule has 3 aliphatic heterocycles. The summed E-state index contributed by atoms with van der Waals surface area (Å²) < 4.78 is 1.99. The van der Waals surface area contributed by atoms with Gasteiger partial charge in [0.25, 0.3) is 0 Å². The quantitative estimate of drug-likeness (QED) is 0.817. The Morgan fingerprint density at radius 3 is 2.78 bits per heavy atom. The van der Waals surface area contributed by atoms with Gasteiger partial charge in [0.05, 0.1) is 18.2 Å². The van der Waals surface area contributed by atoms with Gasteiger partial charge < -0.3 is 10.2 Å². The largest absolute Gasteiger partial charge is 0.353 e. The van der Waals surface area contributed by atoms with E-state index in [0.717, 1.165) is 57.6 Å². The first-order valence-electron chi connectivity index (χ1n) is 10.7. The highest BCUT2D eigenvalue weighted by atomic mass is 16.2. The van der Waals surface area contributed by atoms with Crippen LogP contribution in [0.3, 0.4) is 0 Å². The predicted octanol–water partition coefficient (Wildman–Crippen LogP) is 1.50. The Bertz CT molecular complexity index is 638. The number of nitrogens with zero attached hydrogens (tertiary/aromatic N) is 5. The van der Waals surface area contributed by atoms with Crippen molar-refractivity contribution < 1.29 is 4.79 Å². The van der Waals surface area contributed by atoms with Gasteiger partial charge in [0.15, 0.2) is 0 Å². The van der Waals surface area contributed by atoms with Crippen molar-refractivity contribution >= 4 is 5.91 Å². The van der Waals surface area contributed by atoms with E-state index < -0.39 is 0 Å². The van der Waals surface area contributed by atoms with Gasteiger partial charge in [-0.1, -0.05) is 24.5 Å². The van der Waals surface area contributed by atoms with Crippen LogP contribution in [-0.4, -0.2) is 70.0 Å². The first kappa shape index (κ1) is 18.9. The van der Waals surface area contributed by atoms with Gasteiger partial charge in [-0.15, -0.1) is 5.10 Å². The van der Waals surface area contributed by atoms with Gasteiger partial charge in [0.1, 0.15) is 0 Å². The molecule has 1 unspecified atom stereocenters. The van der Waals surface area contributed by atoms with Crippen LogP contribution in [0.1, 0.15) is 50.6 Å². The maximum Gasteiger partial charge on any atom is 0.224 e. The second-order valence-electron chi connectivity index (χ2n) is 9.05. The van der Waals surface area contributed by atoms with Gasteiger partial charge in [0, 0.05) is 31.4 Å². The molecule has 1 N–H and O–H groups in total. The number of fused-ring (bicyclic) bond motifs is 3. The van der Waals surface area contributed by atoms with Crippen molar-refractivity contribution in [2.75, 3.05) is 27.2 Å². The van der Waals surface area contributed by atoms with E-state index in [1.165, 1.54) is 19.3 Å². The molecule has 5 rings (SSSR count). The lowest BCUT2D eigenvalue weighted by Crippen LogP contribution is -2.58. The number of amides is 1. The lowest BCUT2D eigenvalue weighted by molar-refractivity contribution is -0.134. The van der Waals surface area contributed by atoms with Gasteiger partial charge in [-0.05, 0) is 52.2 Å². The summed E-state index contributed by atoms with van der Waals surface area (Å²) in [6.45, 7) is 3.73. The molecule has 150 valence electrons. The smallest absolute Gasteiger partial charge is 0.224 e. The van der Waals surface area contributed by atoms with E-state index in [4.69, 9.17) is 0 Å². The van der Waals surface area contributed by atoms with Crippen molar-refractivity contribution in [2.45, 2.75) is 70.1 Å². The fourth-order valence-corrected chi connectivity index (χ4v) is 5.22. The summed E-state index contributed by atoms with van der Waals surface area (Å²) in [5.74, 6) is 1.01. The highest BCUT2D eigenvalue weighted by Gasteiger charge is 2.43. The molecule has 4 fully saturated rings. The van der Waals surface area contributed by atoms with Crippen LogP contribution in [0, 0.1) is 11.8 Å². The van der Waals surface area contributed by atoms with Gasteiger partial charge >= 0.3 is 0 Å². The average Bonchev–Trinajstić information content (AvgIpc) is 3.09. The summed E-state index contributed by atoms with van der Waals surface area (Å²) in [6, 6.07) is 0.902. The molecule has 1 aromatic rings. The highest BCUT2D eigenvalue weighted by molar-refractivity contribution is 5.79. The van der Waals surface area contributed by atoms with E-state index in [1.54, 1.807) is 0 Å². The molecule has 1 saturated carbocycles. The summed E-state index contributed by atoms with van der Waals surface area (Å²) in [5, 5.41) is 12.0. The second kappa shape index (κ2) is 8.27. The summed E-state index contributed by atoms with van der Waals surface area (Å²) in [7, 11) is 4.09. The molecule has 2 bridgehead atoms. The second-order valence-corrected chi connectivity index (χ2v) is 9.05. The van der Waals surface area contributed by atoms with E-state index >= 15 is 0 Å². The summed E-state index contributed by atoms with van der Waals surface area (Å²) in [5.41, 5.74) is 1.01. The fraction of sp³-hybridized carbons (Fsp3) is 0.850. The molecule has 0 radical (unpaired) electrons. The monoisotopic (exact) mass is 374 g/mol. The number of carbonyl (C=O) groups excluding carboxylic acids is 1. The Kier molecular flexibility index (Phi) is 5.78. The molecule has 7 nitrogen and oxygen atoms in total. The minimum Gasteiger partial charge on any atom is -0.353 e. The Balaban J connectivity index is 1.31. The number of nitrogens with one attached hydrogen (secondary N) is 1. The normalized spacial score (nSPS) is 31.4. The van der Waals surface area contributed by atoms with Crippen LogP contribution in [0.5, 0.6) is 0 Å². The average molecular weight is 375 g/mol. The van der Waals surface area contributed by atoms with Gasteiger partial charge in [-0.2, -0.15) is 0 Å². The minimum atomic E-state index is 0.178. The molecular formula is C20H34N6O. The Labute approximate surface area is 162 Å². The van der Waals surface area contributed by atoms with Crippen LogP contribution < -0.4 is 5.32 Å². The van der Waals surface area contributed by atoms with Crippen LogP contribution in [0.25, 0.3) is 0 Å². The van der Waals surface area contributed by atoms with E-state index in [9.17, 15) is 4.79 Å². The lowest BCUT2D eigenvalue weighted by atomic mass is 9.75. The molecule has 1 amide bonds. The standard InChI is InChI=1S/C20H34N6O/c1-24(2)11-17-12-26(23-22-17)13-18-10-15-8-9-25(18)14-19(15)20(27)21-16-6-4-3-5-7-16/h12,15-16,18-19H,3-11,13-14H2,1-2H3,(H,21,27)/t15-,18-,19+/m1/s1. The first-order chi connectivity index (χ1) is 13.1. The Morgan fingerprint density at radius 1 is 1.26 bits per heavy atom. The van der Waals surface area contributed by atoms with E-state index in [-0.39, 0.29) is 5.92 Å². The number of rotatable bonds is 6. The van der Waals surface area contributed by atoms with Crippen LogP contribution in [-0.2, 0) is 17.9 Å². The zero-order chi connectivity index (χ0) is 18.8. The van der Waals surface area contributed by atoms with Crippen LogP contribution in [0.2, 0.25) is 0 Å². The van der Waals surface area contributed by atoms with E-state index in [2.05, 4.69) is 31.6 Å². The molecular weight excluding hydrogens is 340 g/mol. The number of carbonyl (C=O) groups is 1. The highest BCUT2D eigenvalue weighted by Crippen LogP contribution is 2.37. The predicted molar refractivity (Wildman–Crippen MR) is 104 cm³/mol. The number of hydrogen-bond donors (Lipinski definition) is 1. The van der Waals surface area contributed by atoms with Crippen LogP contribution >= 0.6 is 0 Å². The third-order valence-electron chi connectivity index (χ3n) is 6.63. The molecule has 0 spiro atoms. The van der Waals surface area contributed by atoms with Gasteiger partial charge in [-0.25, -0.2) is 0 Å². The maximum atomic E-state index is 12.9. The lowest BCUT2D eigenvalue weighted by Gasteiger charge is -2.49. The number of piperidine rings is 3. The van der Waals surface area contributed by atoms with Crippen molar-refractivity contribution in [2.24, 2.45) is 11.8 Å². The van der Waals surface area contributed by atoms with E-state index in [0.29, 0.717) is 23.9 Å². The molecule has 7 heteroatoms. The summed E-state index contributed by atoms with van der Waals surface area (Å²) >= 11 is 0. The van der Waals surface area contributed by atoms with Crippen molar-refractivity contribution in [3.8, 4) is 0 Å². The molecule has 4 aliphatic rings. The number of aromatic nitrogens is 3. The van der Waals surface area contributed by atoms with Crippen molar-refractivity contribution in [3.05, 3.63) is 11.9 Å². The molecule has 1 aromatic heterocycles. The molecule has 3 saturated heterocycles. The van der Waals surface area contributed by atoms with Crippen molar-refractivity contribution in [1.29, 1.82) is 0 Å². The number of hydrogen-bond acceptors (Lipinski definition) is 5. The van der Waals surface area contributed by atoms with Crippen LogP contribution in [0.4, 0.5) is 0 Å². The third-order valence-corrected chi connectivity index (χ3v) is 6.63. The Morgan fingerprint density at radius 2 is 2.07 bits per heavy atom. The van der Waals surface area contributed by atoms with Gasteiger partial charge in [-0.3, -0.25) is 14.4 Å². The minimum absolute atomic E-state index is 0.178. The van der Waals surface area contributed by atoms with E-state index in [1.807, 2.05) is 18.8 Å². The van der Waals surface area contributed by atoms with Crippen molar-refractivity contribution in [3.63, 3.8) is 0 Å². The zero-order valence-electron chi connectivity index (χ0n) is 16.8. The SMILES string of the molecule is CN(C)Cc1cn(C[C@H]2C[C@H]3CCN2C[C@@H]3C(=O)NC2CCCCC2)nn1. The zero-order valence-corrected chi connectivity index (χ0v) is 16.8. The Hall–Kier alpha value is -1.47. The fourth-order valence-electron chi connectivity index (χ4n) is 5.22. The molecule has 27 heavy (non-hydrogen) atoms. The first-order valence-corrected chi connectivity index (χ1v) is 10.7. The maximum absolute atomic E-state index is 12.9. The molecule has 1 aliphatic carbocycles. The summed E-state index contributed by atoms with van der Waals surface area (Å²) in [6.07, 6.45) is 10.5. The topological polar surface area (TPSA) is 66.3 Å². The van der Waals surface area contributed by atoms with Crippen molar-refractivity contribution in [1.82, 2.24) is 30.1 Å². The molecule has 4 atom stereocenters. The van der Waals surface area contributed by atoms with Gasteiger partial charge in [0.2, 0.25) is 5.91 Å². The third kappa shape index (κ3) is 4.51. The molecule has 4 heterocycles.